The zero-order valence-corrected chi connectivity index (χ0v) is 10.2. The van der Waals surface area contributed by atoms with Crippen molar-refractivity contribution in [1.29, 1.82) is 0 Å². The summed E-state index contributed by atoms with van der Waals surface area (Å²) in [5, 5.41) is 1.18. The first-order valence-corrected chi connectivity index (χ1v) is 5.82. The van der Waals surface area contributed by atoms with E-state index in [1.54, 1.807) is 0 Å². The van der Waals surface area contributed by atoms with Crippen LogP contribution in [0.3, 0.4) is 0 Å². The molecule has 0 aliphatic heterocycles. The highest BCUT2D eigenvalue weighted by atomic mass is 16.3. The van der Waals surface area contributed by atoms with E-state index < -0.39 is 0 Å². The fraction of sp³-hybridized carbons (Fsp3) is 0.429. The van der Waals surface area contributed by atoms with Crippen molar-refractivity contribution in [2.45, 2.75) is 33.2 Å². The number of benzene rings is 1. The number of nitrogens with two attached hydrogens (primary N) is 1. The van der Waals surface area contributed by atoms with Gasteiger partial charge in [-0.05, 0) is 37.0 Å². The highest BCUT2D eigenvalue weighted by Gasteiger charge is 2.14. The standard InChI is InChI=1S/C14H19NO/c1-9(2)7-12(15)14-8-11-10(3)5-4-6-13(11)16-14/h4-6,8-9,12H,7,15H2,1-3H3/t12-/m1/s1. The van der Waals surface area contributed by atoms with Gasteiger partial charge in [0.2, 0.25) is 0 Å². The first-order chi connectivity index (χ1) is 7.58. The molecule has 2 heteroatoms. The number of furan rings is 1. The maximum atomic E-state index is 6.12. The molecule has 0 saturated heterocycles. The lowest BCUT2D eigenvalue weighted by Crippen LogP contribution is -2.11. The molecule has 2 aromatic rings. The Hall–Kier alpha value is -1.28. The van der Waals surface area contributed by atoms with Gasteiger partial charge in [0.05, 0.1) is 6.04 Å². The molecule has 2 N–H and O–H groups in total. The van der Waals surface area contributed by atoms with Crippen LogP contribution < -0.4 is 5.73 Å². The molecular weight excluding hydrogens is 198 g/mol. The quantitative estimate of drug-likeness (QED) is 0.849. The fourth-order valence-corrected chi connectivity index (χ4v) is 2.03. The molecule has 1 heterocycles. The van der Waals surface area contributed by atoms with E-state index >= 15 is 0 Å². The second-order valence-corrected chi connectivity index (χ2v) is 4.87. The van der Waals surface area contributed by atoms with Gasteiger partial charge in [0.25, 0.3) is 0 Å². The Morgan fingerprint density at radius 3 is 2.69 bits per heavy atom. The Bertz CT molecular complexity index is 484. The van der Waals surface area contributed by atoms with Crippen molar-refractivity contribution in [1.82, 2.24) is 0 Å². The molecule has 0 spiro atoms. The van der Waals surface area contributed by atoms with Crippen LogP contribution in [-0.2, 0) is 0 Å². The van der Waals surface area contributed by atoms with Gasteiger partial charge in [-0.2, -0.15) is 0 Å². The summed E-state index contributed by atoms with van der Waals surface area (Å²) in [6.07, 6.45) is 0.957. The highest BCUT2D eigenvalue weighted by molar-refractivity contribution is 5.81. The Morgan fingerprint density at radius 1 is 1.31 bits per heavy atom. The minimum atomic E-state index is 0.00630. The highest BCUT2D eigenvalue weighted by Crippen LogP contribution is 2.27. The number of fused-ring (bicyclic) bond motifs is 1. The smallest absolute Gasteiger partial charge is 0.134 e. The summed E-state index contributed by atoms with van der Waals surface area (Å²) in [7, 11) is 0. The van der Waals surface area contributed by atoms with Crippen LogP contribution >= 0.6 is 0 Å². The van der Waals surface area contributed by atoms with Gasteiger partial charge in [-0.1, -0.05) is 26.0 Å². The van der Waals surface area contributed by atoms with E-state index in [1.165, 1.54) is 10.9 Å². The van der Waals surface area contributed by atoms with Crippen molar-refractivity contribution in [3.8, 4) is 0 Å². The topological polar surface area (TPSA) is 39.2 Å². The van der Waals surface area contributed by atoms with E-state index in [4.69, 9.17) is 10.2 Å². The predicted molar refractivity (Wildman–Crippen MR) is 67.3 cm³/mol. The van der Waals surface area contributed by atoms with Crippen LogP contribution in [0.1, 0.15) is 37.6 Å². The maximum absolute atomic E-state index is 6.12. The van der Waals surface area contributed by atoms with E-state index in [0.29, 0.717) is 5.92 Å². The molecular formula is C14H19NO. The largest absolute Gasteiger partial charge is 0.459 e. The van der Waals surface area contributed by atoms with Crippen molar-refractivity contribution in [3.05, 3.63) is 35.6 Å². The molecule has 0 aliphatic carbocycles. The number of aryl methyl sites for hydroxylation is 1. The van der Waals surface area contributed by atoms with Crippen molar-refractivity contribution < 1.29 is 4.42 Å². The lowest BCUT2D eigenvalue weighted by Gasteiger charge is -2.10. The van der Waals surface area contributed by atoms with Crippen molar-refractivity contribution in [2.75, 3.05) is 0 Å². The molecule has 0 radical (unpaired) electrons. The van der Waals surface area contributed by atoms with Crippen LogP contribution in [0.5, 0.6) is 0 Å². The maximum Gasteiger partial charge on any atom is 0.134 e. The molecule has 0 aliphatic rings. The number of hydrogen-bond acceptors (Lipinski definition) is 2. The first-order valence-electron chi connectivity index (χ1n) is 5.82. The Kier molecular flexibility index (Phi) is 3.01. The van der Waals surface area contributed by atoms with Gasteiger partial charge in [-0.3, -0.25) is 0 Å². The van der Waals surface area contributed by atoms with Crippen LogP contribution in [0.25, 0.3) is 11.0 Å². The normalized spacial score (nSPS) is 13.6. The fourth-order valence-electron chi connectivity index (χ4n) is 2.03. The molecule has 2 nitrogen and oxygen atoms in total. The summed E-state index contributed by atoms with van der Waals surface area (Å²) >= 11 is 0. The Morgan fingerprint density at radius 2 is 2.06 bits per heavy atom. The SMILES string of the molecule is Cc1cccc2oc([C@H](N)CC(C)C)cc12. The molecule has 86 valence electrons. The van der Waals surface area contributed by atoms with Gasteiger partial charge in [0.15, 0.2) is 0 Å². The second-order valence-electron chi connectivity index (χ2n) is 4.87. The van der Waals surface area contributed by atoms with Crippen LogP contribution in [0, 0.1) is 12.8 Å². The van der Waals surface area contributed by atoms with Crippen LogP contribution in [-0.4, -0.2) is 0 Å². The first kappa shape index (κ1) is 11.2. The van der Waals surface area contributed by atoms with E-state index in [2.05, 4.69) is 32.9 Å². The van der Waals surface area contributed by atoms with Crippen LogP contribution in [0.4, 0.5) is 0 Å². The molecule has 0 unspecified atom stereocenters. The molecule has 0 fully saturated rings. The summed E-state index contributed by atoms with van der Waals surface area (Å²) in [5.74, 6) is 1.49. The number of rotatable bonds is 3. The average Bonchev–Trinajstić information content (AvgIpc) is 2.61. The minimum Gasteiger partial charge on any atom is -0.459 e. The van der Waals surface area contributed by atoms with E-state index in [1.807, 2.05) is 12.1 Å². The monoisotopic (exact) mass is 217 g/mol. The molecule has 1 aromatic heterocycles. The molecule has 1 aromatic carbocycles. The average molecular weight is 217 g/mol. The van der Waals surface area contributed by atoms with E-state index in [0.717, 1.165) is 17.8 Å². The van der Waals surface area contributed by atoms with Gasteiger partial charge in [-0.15, -0.1) is 0 Å². The van der Waals surface area contributed by atoms with Gasteiger partial charge in [0, 0.05) is 5.39 Å². The Labute approximate surface area is 96.4 Å². The third-order valence-electron chi connectivity index (χ3n) is 2.89. The minimum absolute atomic E-state index is 0.00630. The van der Waals surface area contributed by atoms with E-state index in [-0.39, 0.29) is 6.04 Å². The Balaban J connectivity index is 2.36. The van der Waals surface area contributed by atoms with Crippen LogP contribution in [0.2, 0.25) is 0 Å². The zero-order chi connectivity index (χ0) is 11.7. The molecule has 1 atom stereocenters. The molecule has 16 heavy (non-hydrogen) atoms. The van der Waals surface area contributed by atoms with Gasteiger partial charge in [-0.25, -0.2) is 0 Å². The van der Waals surface area contributed by atoms with Crippen molar-refractivity contribution in [2.24, 2.45) is 11.7 Å². The summed E-state index contributed by atoms with van der Waals surface area (Å²) in [4.78, 5) is 0. The van der Waals surface area contributed by atoms with Crippen LogP contribution in [0.15, 0.2) is 28.7 Å². The third-order valence-corrected chi connectivity index (χ3v) is 2.89. The summed E-state index contributed by atoms with van der Waals surface area (Å²) in [6, 6.07) is 8.19. The lowest BCUT2D eigenvalue weighted by molar-refractivity contribution is 0.431. The molecule has 0 amide bonds. The zero-order valence-electron chi connectivity index (χ0n) is 10.2. The second kappa shape index (κ2) is 4.30. The third kappa shape index (κ3) is 2.12. The number of hydrogen-bond donors (Lipinski definition) is 1. The molecule has 0 saturated carbocycles. The molecule has 2 rings (SSSR count). The van der Waals surface area contributed by atoms with E-state index in [9.17, 15) is 0 Å². The summed E-state index contributed by atoms with van der Waals surface area (Å²) in [5.41, 5.74) is 8.30. The summed E-state index contributed by atoms with van der Waals surface area (Å²) in [6.45, 7) is 6.44. The van der Waals surface area contributed by atoms with Crippen molar-refractivity contribution >= 4 is 11.0 Å². The summed E-state index contributed by atoms with van der Waals surface area (Å²) < 4.78 is 5.79. The van der Waals surface area contributed by atoms with Gasteiger partial charge in [0.1, 0.15) is 11.3 Å². The lowest BCUT2D eigenvalue weighted by atomic mass is 10.0. The van der Waals surface area contributed by atoms with Gasteiger partial charge < -0.3 is 10.2 Å². The van der Waals surface area contributed by atoms with Gasteiger partial charge >= 0.3 is 0 Å². The molecule has 0 bridgehead atoms. The predicted octanol–water partition coefficient (Wildman–Crippen LogP) is 3.79. The van der Waals surface area contributed by atoms with Crippen molar-refractivity contribution in [3.63, 3.8) is 0 Å².